The molecule has 11 heteroatoms. The van der Waals surface area contributed by atoms with E-state index in [9.17, 15) is 10.1 Å². The maximum Gasteiger partial charge on any atom is 0.322 e. The Labute approximate surface area is 258 Å². The van der Waals surface area contributed by atoms with Crippen LogP contribution in [0, 0.1) is 11.3 Å². The highest BCUT2D eigenvalue weighted by Crippen LogP contribution is 2.31. The lowest BCUT2D eigenvalue weighted by Crippen LogP contribution is -2.48. The van der Waals surface area contributed by atoms with Crippen LogP contribution in [0.1, 0.15) is 43.2 Å². The first kappa shape index (κ1) is 30.5. The second-order valence-corrected chi connectivity index (χ2v) is 11.0. The molecule has 1 saturated carbocycles. The van der Waals surface area contributed by atoms with Crippen molar-refractivity contribution in [2.24, 2.45) is 7.05 Å². The molecular weight excluding hydrogens is 554 g/mol. The van der Waals surface area contributed by atoms with E-state index in [1.807, 2.05) is 78.9 Å². The van der Waals surface area contributed by atoms with Crippen molar-refractivity contribution in [3.8, 4) is 17.2 Å². The second-order valence-electron chi connectivity index (χ2n) is 11.0. The summed E-state index contributed by atoms with van der Waals surface area (Å²) < 4.78 is 6.89. The van der Waals surface area contributed by atoms with Gasteiger partial charge in [0.25, 0.3) is 0 Å². The van der Waals surface area contributed by atoms with E-state index in [-0.39, 0.29) is 18.1 Å². The highest BCUT2D eigenvalue weighted by atomic mass is 16.5. The smallest absolute Gasteiger partial charge is 0.322 e. The Morgan fingerprint density at radius 1 is 1.07 bits per heavy atom. The van der Waals surface area contributed by atoms with E-state index in [0.29, 0.717) is 37.0 Å². The van der Waals surface area contributed by atoms with E-state index in [4.69, 9.17) is 4.74 Å². The molecule has 44 heavy (non-hydrogen) atoms. The molecule has 1 aliphatic rings. The van der Waals surface area contributed by atoms with Crippen molar-refractivity contribution in [1.29, 1.82) is 5.26 Å². The van der Waals surface area contributed by atoms with Crippen LogP contribution in [0.25, 0.3) is 11.1 Å². The van der Waals surface area contributed by atoms with Gasteiger partial charge in [0.05, 0.1) is 12.4 Å². The lowest BCUT2D eigenvalue weighted by molar-refractivity contribution is 0.197. The molecule has 2 amide bonds. The van der Waals surface area contributed by atoms with Gasteiger partial charge in [-0.05, 0) is 55.4 Å². The number of urea groups is 1. The van der Waals surface area contributed by atoms with E-state index in [2.05, 4.69) is 37.1 Å². The van der Waals surface area contributed by atoms with Crippen LogP contribution in [-0.2, 0) is 18.3 Å². The molecule has 0 aliphatic heterocycles. The van der Waals surface area contributed by atoms with E-state index < -0.39 is 0 Å². The van der Waals surface area contributed by atoms with Crippen molar-refractivity contribution >= 4 is 23.5 Å². The van der Waals surface area contributed by atoms with E-state index in [0.717, 1.165) is 54.5 Å². The molecule has 3 N–H and O–H groups in total. The fraction of sp³-hybridized carbons (Fsp3) is 0.364. The number of hydrogen-bond donors (Lipinski definition) is 3. The molecule has 0 radical (unpaired) electrons. The summed E-state index contributed by atoms with van der Waals surface area (Å²) in [6, 6.07) is 20.3. The van der Waals surface area contributed by atoms with Crippen molar-refractivity contribution in [2.45, 2.75) is 50.7 Å². The summed E-state index contributed by atoms with van der Waals surface area (Å²) in [5, 5.41) is 23.6. The highest BCUT2D eigenvalue weighted by Gasteiger charge is 2.30. The van der Waals surface area contributed by atoms with Gasteiger partial charge in [-0.2, -0.15) is 15.3 Å². The first-order chi connectivity index (χ1) is 21.5. The Bertz CT molecular complexity index is 1540. The van der Waals surface area contributed by atoms with Crippen LogP contribution in [0.4, 0.5) is 22.2 Å². The molecule has 2 heterocycles. The SMILES string of the molecule is COCCCNc1nc(NC2CCC(N(C(=O)NCc3ccccc3)c3ccc(-c4cnn(C)c4)cc3)CC2)ncc1C#N. The number of methoxy groups -OCH3 is 1. The molecule has 2 aromatic heterocycles. The Balaban J connectivity index is 1.26. The summed E-state index contributed by atoms with van der Waals surface area (Å²) in [7, 11) is 3.56. The molecule has 1 fully saturated rings. The van der Waals surface area contributed by atoms with Crippen molar-refractivity contribution in [1.82, 2.24) is 25.1 Å². The molecule has 0 atom stereocenters. The van der Waals surface area contributed by atoms with Crippen LogP contribution in [0.2, 0.25) is 0 Å². The second kappa shape index (κ2) is 15.0. The fourth-order valence-electron chi connectivity index (χ4n) is 5.49. The van der Waals surface area contributed by atoms with Crippen LogP contribution in [0.15, 0.2) is 73.2 Å². The molecule has 228 valence electrons. The quantitative estimate of drug-likeness (QED) is 0.188. The minimum absolute atomic E-state index is 0.0351. The maximum atomic E-state index is 13.7. The Morgan fingerprint density at radius 2 is 1.84 bits per heavy atom. The summed E-state index contributed by atoms with van der Waals surface area (Å²) in [5.74, 6) is 1.01. The zero-order valence-corrected chi connectivity index (χ0v) is 25.2. The summed E-state index contributed by atoms with van der Waals surface area (Å²) >= 11 is 0. The van der Waals surface area contributed by atoms with Crippen LogP contribution in [-0.4, -0.2) is 58.1 Å². The number of nitriles is 1. The zero-order valence-electron chi connectivity index (χ0n) is 25.2. The number of hydrogen-bond acceptors (Lipinski definition) is 8. The van der Waals surface area contributed by atoms with Gasteiger partial charge in [-0.15, -0.1) is 0 Å². The monoisotopic (exact) mass is 593 g/mol. The van der Waals surface area contributed by atoms with Gasteiger partial charge >= 0.3 is 6.03 Å². The molecule has 2 aromatic carbocycles. The number of benzene rings is 2. The van der Waals surface area contributed by atoms with Gasteiger partial charge in [0, 0.05) is 63.4 Å². The van der Waals surface area contributed by atoms with Crippen molar-refractivity contribution in [3.05, 3.63) is 84.3 Å². The minimum Gasteiger partial charge on any atom is -0.385 e. The molecule has 0 spiro atoms. The predicted octanol–water partition coefficient (Wildman–Crippen LogP) is 5.34. The lowest BCUT2D eigenvalue weighted by Gasteiger charge is -2.37. The number of amides is 2. The van der Waals surface area contributed by atoms with Gasteiger partial charge in [0.15, 0.2) is 0 Å². The molecule has 5 rings (SSSR count). The van der Waals surface area contributed by atoms with Crippen molar-refractivity contribution in [3.63, 3.8) is 0 Å². The van der Waals surface area contributed by atoms with Gasteiger partial charge in [0.2, 0.25) is 5.95 Å². The van der Waals surface area contributed by atoms with E-state index >= 15 is 0 Å². The number of ether oxygens (including phenoxy) is 1. The Hall–Kier alpha value is -4.95. The van der Waals surface area contributed by atoms with Gasteiger partial charge < -0.3 is 20.7 Å². The molecule has 0 bridgehead atoms. The Morgan fingerprint density at radius 3 is 2.52 bits per heavy atom. The first-order valence-electron chi connectivity index (χ1n) is 15.0. The number of rotatable bonds is 12. The first-order valence-corrected chi connectivity index (χ1v) is 15.0. The largest absolute Gasteiger partial charge is 0.385 e. The fourth-order valence-corrected chi connectivity index (χ4v) is 5.49. The van der Waals surface area contributed by atoms with Crippen molar-refractivity contribution < 1.29 is 9.53 Å². The molecule has 0 unspecified atom stereocenters. The number of aryl methyl sites for hydroxylation is 1. The number of anilines is 3. The van der Waals surface area contributed by atoms with Gasteiger partial charge in [0.1, 0.15) is 17.5 Å². The number of carbonyl (C=O) groups is 1. The van der Waals surface area contributed by atoms with Crippen LogP contribution < -0.4 is 20.9 Å². The normalized spacial score (nSPS) is 16.1. The summed E-state index contributed by atoms with van der Waals surface area (Å²) in [4.78, 5) is 24.6. The third-order valence-electron chi connectivity index (χ3n) is 7.81. The highest BCUT2D eigenvalue weighted by molar-refractivity contribution is 5.93. The summed E-state index contributed by atoms with van der Waals surface area (Å²) in [6.07, 6.45) is 9.50. The topological polar surface area (TPSA) is 133 Å². The third-order valence-corrected chi connectivity index (χ3v) is 7.81. The number of nitrogens with zero attached hydrogens (tertiary/aromatic N) is 6. The average Bonchev–Trinajstić information content (AvgIpc) is 3.50. The standard InChI is InChI=1S/C33H39N9O2/c1-41-23-27(22-38-41)25-9-13-29(14-10-25)42(33(43)37-20-24-7-4-3-5-8-24)30-15-11-28(12-16-30)39-32-36-21-26(19-34)31(40-32)35-17-6-18-44-2/h3-5,7-10,13-14,21-23,28,30H,6,11-12,15-18,20H2,1-2H3,(H,37,43)(H2,35,36,39,40). The predicted molar refractivity (Wildman–Crippen MR) is 171 cm³/mol. The average molecular weight is 594 g/mol. The molecule has 1 aliphatic carbocycles. The minimum atomic E-state index is -0.112. The molecule has 0 saturated heterocycles. The number of aromatic nitrogens is 4. The van der Waals surface area contributed by atoms with Gasteiger partial charge in [-0.1, -0.05) is 42.5 Å². The van der Waals surface area contributed by atoms with Gasteiger partial charge in [-0.25, -0.2) is 9.78 Å². The third kappa shape index (κ3) is 7.90. The number of nitrogens with one attached hydrogen (secondary N) is 3. The number of carbonyl (C=O) groups excluding carboxylic acids is 1. The summed E-state index contributed by atoms with van der Waals surface area (Å²) in [6.45, 7) is 1.73. The zero-order chi connectivity index (χ0) is 30.7. The van der Waals surface area contributed by atoms with Crippen LogP contribution in [0.3, 0.4) is 0 Å². The molecule has 11 nitrogen and oxygen atoms in total. The van der Waals surface area contributed by atoms with Gasteiger partial charge in [-0.3, -0.25) is 9.58 Å². The lowest BCUT2D eigenvalue weighted by atomic mass is 9.90. The van der Waals surface area contributed by atoms with E-state index in [1.165, 1.54) is 0 Å². The molecular formula is C33H39N9O2. The van der Waals surface area contributed by atoms with Crippen molar-refractivity contribution in [2.75, 3.05) is 35.8 Å². The van der Waals surface area contributed by atoms with E-state index in [1.54, 1.807) is 18.0 Å². The maximum absolute atomic E-state index is 13.7. The summed E-state index contributed by atoms with van der Waals surface area (Å²) in [5.41, 5.74) is 4.40. The molecule has 4 aromatic rings. The Kier molecular flexibility index (Phi) is 10.4. The van der Waals surface area contributed by atoms with Crippen LogP contribution in [0.5, 0.6) is 0 Å². The van der Waals surface area contributed by atoms with Crippen LogP contribution >= 0.6 is 0 Å².